The number of hydrogen-bond donors (Lipinski definition) is 0. The minimum absolute atomic E-state index is 0.155. The smallest absolute Gasteiger partial charge is 0.303 e. The third-order valence-corrected chi connectivity index (χ3v) is 6.51. The lowest BCUT2D eigenvalue weighted by atomic mass is 9.56. The molecule has 132 valence electrons. The molecule has 25 heavy (non-hydrogen) atoms. The van der Waals surface area contributed by atoms with Gasteiger partial charge in [-0.1, -0.05) is 12.1 Å². The second-order valence-electron chi connectivity index (χ2n) is 7.63. The van der Waals surface area contributed by atoms with Crippen LogP contribution in [0.1, 0.15) is 30.9 Å². The van der Waals surface area contributed by atoms with Crippen molar-refractivity contribution in [2.24, 2.45) is 0 Å². The fraction of sp³-hybridized carbons (Fsp3) is 0.550. The molecule has 2 aliphatic carbocycles. The second-order valence-corrected chi connectivity index (χ2v) is 7.63. The quantitative estimate of drug-likeness (QED) is 0.610. The van der Waals surface area contributed by atoms with E-state index in [2.05, 4.69) is 24.1 Å². The number of methoxy groups -OCH3 is 1. The van der Waals surface area contributed by atoms with Gasteiger partial charge >= 0.3 is 5.97 Å². The van der Waals surface area contributed by atoms with Gasteiger partial charge in [0.25, 0.3) is 0 Å². The number of benzene rings is 1. The van der Waals surface area contributed by atoms with Gasteiger partial charge in [-0.2, -0.15) is 0 Å². The Labute approximate surface area is 147 Å². The van der Waals surface area contributed by atoms with E-state index in [1.165, 1.54) is 23.6 Å². The minimum Gasteiger partial charge on any atom is -0.493 e. The maximum atomic E-state index is 11.7. The summed E-state index contributed by atoms with van der Waals surface area (Å²) in [7, 11) is 3.89. The largest absolute Gasteiger partial charge is 0.493 e. The lowest BCUT2D eigenvalue weighted by Crippen LogP contribution is -2.61. The van der Waals surface area contributed by atoms with Crippen LogP contribution in [0.15, 0.2) is 23.8 Å². The van der Waals surface area contributed by atoms with Crippen molar-refractivity contribution in [3.8, 4) is 11.5 Å². The molecule has 5 heteroatoms. The molecule has 1 fully saturated rings. The maximum Gasteiger partial charge on any atom is 0.303 e. The van der Waals surface area contributed by atoms with Crippen LogP contribution in [-0.4, -0.2) is 49.8 Å². The van der Waals surface area contributed by atoms with Crippen LogP contribution in [-0.2, 0) is 21.4 Å². The fourth-order valence-electron chi connectivity index (χ4n) is 5.55. The van der Waals surface area contributed by atoms with E-state index in [9.17, 15) is 4.79 Å². The summed E-state index contributed by atoms with van der Waals surface area (Å²) >= 11 is 0. The van der Waals surface area contributed by atoms with Crippen LogP contribution in [0.3, 0.4) is 0 Å². The number of nitrogens with zero attached hydrogens (tertiary/aromatic N) is 1. The lowest BCUT2D eigenvalue weighted by molar-refractivity contribution is -0.153. The normalized spacial score (nSPS) is 34.7. The Bertz CT molecular complexity index is 801. The highest BCUT2D eigenvalue weighted by molar-refractivity contribution is 5.68. The topological polar surface area (TPSA) is 48.0 Å². The molecule has 1 spiro atoms. The zero-order chi connectivity index (χ0) is 17.3. The molecule has 2 bridgehead atoms. The van der Waals surface area contributed by atoms with E-state index in [1.54, 1.807) is 7.11 Å². The number of piperidine rings is 1. The van der Waals surface area contributed by atoms with Crippen molar-refractivity contribution in [1.82, 2.24) is 4.90 Å². The Kier molecular flexibility index (Phi) is 3.06. The summed E-state index contributed by atoms with van der Waals surface area (Å²) in [6.45, 7) is 2.49. The van der Waals surface area contributed by atoms with Crippen molar-refractivity contribution < 1.29 is 19.0 Å². The number of carbonyl (C=O) groups excluding carboxylic acids is 1. The molecule has 0 saturated carbocycles. The van der Waals surface area contributed by atoms with E-state index in [-0.39, 0.29) is 23.6 Å². The molecule has 0 N–H and O–H groups in total. The van der Waals surface area contributed by atoms with E-state index >= 15 is 0 Å². The Morgan fingerprint density at radius 2 is 2.24 bits per heavy atom. The van der Waals surface area contributed by atoms with E-state index < -0.39 is 0 Å². The van der Waals surface area contributed by atoms with Crippen molar-refractivity contribution in [2.45, 2.75) is 49.9 Å². The molecule has 0 unspecified atom stereocenters. The third kappa shape index (κ3) is 1.79. The molecule has 1 aromatic rings. The van der Waals surface area contributed by atoms with Gasteiger partial charge in [-0.3, -0.25) is 9.69 Å². The number of hydrogen-bond acceptors (Lipinski definition) is 5. The van der Waals surface area contributed by atoms with Crippen LogP contribution < -0.4 is 9.47 Å². The second kappa shape index (κ2) is 5.01. The van der Waals surface area contributed by atoms with Crippen LogP contribution in [0.4, 0.5) is 0 Å². The summed E-state index contributed by atoms with van der Waals surface area (Å²) in [6, 6.07) is 4.60. The van der Waals surface area contributed by atoms with Crippen LogP contribution in [0.5, 0.6) is 11.5 Å². The van der Waals surface area contributed by atoms with Gasteiger partial charge in [0.15, 0.2) is 11.5 Å². The average Bonchev–Trinajstić information content (AvgIpc) is 2.94. The molecule has 4 aliphatic rings. The van der Waals surface area contributed by atoms with Crippen LogP contribution in [0, 0.1) is 0 Å². The molecule has 5 rings (SSSR count). The Balaban J connectivity index is 1.75. The van der Waals surface area contributed by atoms with Crippen molar-refractivity contribution in [3.05, 3.63) is 34.9 Å². The molecular formula is C20H23NO4. The third-order valence-electron chi connectivity index (χ3n) is 6.51. The van der Waals surface area contributed by atoms with Crippen molar-refractivity contribution in [2.75, 3.05) is 20.7 Å². The summed E-state index contributed by atoms with van der Waals surface area (Å²) in [5.74, 6) is 1.39. The first-order valence-electron chi connectivity index (χ1n) is 9.01. The Morgan fingerprint density at radius 1 is 1.40 bits per heavy atom. The monoisotopic (exact) mass is 341 g/mol. The van der Waals surface area contributed by atoms with E-state index in [0.29, 0.717) is 6.04 Å². The van der Waals surface area contributed by atoms with Crippen LogP contribution in [0.25, 0.3) is 0 Å². The Morgan fingerprint density at radius 3 is 3.00 bits per heavy atom. The first-order valence-corrected chi connectivity index (χ1v) is 9.01. The molecule has 1 saturated heterocycles. The van der Waals surface area contributed by atoms with Gasteiger partial charge < -0.3 is 14.2 Å². The van der Waals surface area contributed by atoms with E-state index in [1.807, 2.05) is 6.07 Å². The average molecular weight is 341 g/mol. The number of esters is 1. The van der Waals surface area contributed by atoms with Gasteiger partial charge in [0.1, 0.15) is 12.2 Å². The summed E-state index contributed by atoms with van der Waals surface area (Å²) in [5, 5.41) is 0. The zero-order valence-corrected chi connectivity index (χ0v) is 14.9. The molecule has 0 radical (unpaired) electrons. The van der Waals surface area contributed by atoms with Crippen LogP contribution in [0.2, 0.25) is 0 Å². The van der Waals surface area contributed by atoms with Gasteiger partial charge in [0.2, 0.25) is 0 Å². The number of likely N-dealkylation sites (N-methyl/N-ethyl adjacent to an activating group) is 1. The van der Waals surface area contributed by atoms with Gasteiger partial charge in [-0.15, -0.1) is 0 Å². The first kappa shape index (κ1) is 15.3. The molecule has 2 aliphatic heterocycles. The molecule has 0 aromatic heterocycles. The molecular weight excluding hydrogens is 318 g/mol. The highest BCUT2D eigenvalue weighted by Crippen LogP contribution is 2.62. The summed E-state index contributed by atoms with van der Waals surface area (Å²) in [6.07, 6.45) is 4.63. The highest BCUT2D eigenvalue weighted by Gasteiger charge is 2.63. The summed E-state index contributed by atoms with van der Waals surface area (Å²) in [4.78, 5) is 14.1. The Hall–Kier alpha value is -2.01. The maximum absolute atomic E-state index is 11.7. The zero-order valence-electron chi connectivity index (χ0n) is 14.9. The summed E-state index contributed by atoms with van der Waals surface area (Å²) < 4.78 is 17.7. The molecule has 0 amide bonds. The van der Waals surface area contributed by atoms with Gasteiger partial charge in [0, 0.05) is 24.9 Å². The predicted octanol–water partition coefficient (Wildman–Crippen LogP) is 2.22. The van der Waals surface area contributed by atoms with Crippen LogP contribution >= 0.6 is 0 Å². The minimum atomic E-state index is -0.245. The lowest BCUT2D eigenvalue weighted by Gasteiger charge is -2.54. The standard InChI is InChI=1S/C20H23NO4/c1-11(22)24-16-7-5-13-14-10-12-4-6-15(23-3)18-17(12)20(13,19(16)25-18)8-9-21(14)2/h4-6,14,16,19H,7-10H2,1-3H3/t14-,16-,19+,20+/m1/s1. The molecule has 1 aromatic carbocycles. The number of likely N-dealkylation sites (tertiary alicyclic amines) is 1. The first-order chi connectivity index (χ1) is 12.1. The number of carbonyl (C=O) groups is 1. The van der Waals surface area contributed by atoms with Crippen molar-refractivity contribution in [1.29, 1.82) is 0 Å². The molecule has 5 nitrogen and oxygen atoms in total. The van der Waals surface area contributed by atoms with Gasteiger partial charge in [0.05, 0.1) is 12.5 Å². The number of ether oxygens (including phenoxy) is 3. The fourth-order valence-corrected chi connectivity index (χ4v) is 5.55. The van der Waals surface area contributed by atoms with Crippen molar-refractivity contribution >= 4 is 5.97 Å². The molecule has 4 atom stereocenters. The number of rotatable bonds is 2. The van der Waals surface area contributed by atoms with E-state index in [4.69, 9.17) is 14.2 Å². The van der Waals surface area contributed by atoms with Gasteiger partial charge in [-0.05, 0) is 43.6 Å². The van der Waals surface area contributed by atoms with E-state index in [0.717, 1.165) is 37.3 Å². The SMILES string of the molecule is COc1ccc2c3c1O[C@H]1[C@H](OC(C)=O)CC=C4[C@@H](C2)N(C)CC[C@]431. The van der Waals surface area contributed by atoms with Gasteiger partial charge in [-0.25, -0.2) is 0 Å². The highest BCUT2D eigenvalue weighted by atomic mass is 16.6. The summed E-state index contributed by atoms with van der Waals surface area (Å²) in [5.41, 5.74) is 3.90. The van der Waals surface area contributed by atoms with Crippen molar-refractivity contribution in [3.63, 3.8) is 0 Å². The predicted molar refractivity (Wildman–Crippen MR) is 92.1 cm³/mol. The molecule has 2 heterocycles.